The fourth-order valence-electron chi connectivity index (χ4n) is 4.15. The van der Waals surface area contributed by atoms with E-state index in [1.165, 1.54) is 0 Å². The second-order valence-corrected chi connectivity index (χ2v) is 7.88. The van der Waals surface area contributed by atoms with Crippen LogP contribution in [0.5, 0.6) is 0 Å². The van der Waals surface area contributed by atoms with Gasteiger partial charge in [-0.05, 0) is 48.2 Å². The quantitative estimate of drug-likeness (QED) is 0.637. The summed E-state index contributed by atoms with van der Waals surface area (Å²) in [5.74, 6) is -0.155. The van der Waals surface area contributed by atoms with E-state index in [9.17, 15) is 9.59 Å². The highest BCUT2D eigenvalue weighted by Crippen LogP contribution is 2.23. The van der Waals surface area contributed by atoms with Gasteiger partial charge in [0.05, 0.1) is 5.92 Å². The van der Waals surface area contributed by atoms with Crippen molar-refractivity contribution in [3.05, 3.63) is 90.3 Å². The molecule has 2 amide bonds. The zero-order valence-corrected chi connectivity index (χ0v) is 17.8. The SMILES string of the molecule is CCN1CCN(C(=O)c2ccccc2)C[C@@H](Cc2cccc(-c3cccnc3)c2)C1=O. The minimum Gasteiger partial charge on any atom is -0.341 e. The Balaban J connectivity index is 1.57. The van der Waals surface area contributed by atoms with Gasteiger partial charge in [-0.3, -0.25) is 14.6 Å². The third kappa shape index (κ3) is 4.82. The predicted octanol–water partition coefficient (Wildman–Crippen LogP) is 3.91. The summed E-state index contributed by atoms with van der Waals surface area (Å²) >= 11 is 0. The molecule has 2 aromatic carbocycles. The van der Waals surface area contributed by atoms with Crippen LogP contribution in [0.25, 0.3) is 11.1 Å². The van der Waals surface area contributed by atoms with Gasteiger partial charge in [-0.2, -0.15) is 0 Å². The van der Waals surface area contributed by atoms with Crippen molar-refractivity contribution in [2.75, 3.05) is 26.2 Å². The largest absolute Gasteiger partial charge is 0.341 e. The molecule has 5 heteroatoms. The van der Waals surface area contributed by atoms with Crippen LogP contribution in [0.1, 0.15) is 22.8 Å². The molecule has 4 rings (SSSR count). The Hall–Kier alpha value is -3.47. The van der Waals surface area contributed by atoms with E-state index in [-0.39, 0.29) is 17.7 Å². The van der Waals surface area contributed by atoms with Crippen molar-refractivity contribution in [2.24, 2.45) is 5.92 Å². The molecule has 31 heavy (non-hydrogen) atoms. The van der Waals surface area contributed by atoms with Gasteiger partial charge in [-0.25, -0.2) is 0 Å². The summed E-state index contributed by atoms with van der Waals surface area (Å²) in [6.45, 7) is 4.20. The van der Waals surface area contributed by atoms with E-state index in [2.05, 4.69) is 23.2 Å². The average molecular weight is 414 g/mol. The van der Waals surface area contributed by atoms with Gasteiger partial charge in [-0.1, -0.05) is 48.5 Å². The van der Waals surface area contributed by atoms with Gasteiger partial charge < -0.3 is 9.80 Å². The van der Waals surface area contributed by atoms with Crippen LogP contribution in [0.15, 0.2) is 79.1 Å². The predicted molar refractivity (Wildman–Crippen MR) is 121 cm³/mol. The van der Waals surface area contributed by atoms with Crippen LogP contribution in [-0.2, 0) is 11.2 Å². The van der Waals surface area contributed by atoms with Crippen molar-refractivity contribution in [1.82, 2.24) is 14.8 Å². The topological polar surface area (TPSA) is 53.5 Å². The van der Waals surface area contributed by atoms with Gasteiger partial charge in [0.25, 0.3) is 5.91 Å². The number of pyridine rings is 1. The van der Waals surface area contributed by atoms with Crippen molar-refractivity contribution in [3.8, 4) is 11.1 Å². The summed E-state index contributed by atoms with van der Waals surface area (Å²) < 4.78 is 0. The van der Waals surface area contributed by atoms with Gasteiger partial charge in [0.15, 0.2) is 0 Å². The fraction of sp³-hybridized carbons (Fsp3) is 0.269. The molecule has 1 aromatic heterocycles. The molecule has 3 aromatic rings. The zero-order chi connectivity index (χ0) is 21.6. The van der Waals surface area contributed by atoms with Gasteiger partial charge in [-0.15, -0.1) is 0 Å². The van der Waals surface area contributed by atoms with Crippen LogP contribution >= 0.6 is 0 Å². The minimum absolute atomic E-state index is 0.0135. The summed E-state index contributed by atoms with van der Waals surface area (Å²) in [5, 5.41) is 0. The van der Waals surface area contributed by atoms with E-state index in [1.807, 2.05) is 71.5 Å². The fourth-order valence-corrected chi connectivity index (χ4v) is 4.15. The number of rotatable bonds is 5. The first-order chi connectivity index (χ1) is 15.2. The number of hydrogen-bond donors (Lipinski definition) is 0. The molecule has 2 heterocycles. The van der Waals surface area contributed by atoms with Crippen molar-refractivity contribution in [3.63, 3.8) is 0 Å². The van der Waals surface area contributed by atoms with E-state index in [0.717, 1.165) is 16.7 Å². The first-order valence-corrected chi connectivity index (χ1v) is 10.8. The van der Waals surface area contributed by atoms with E-state index in [1.54, 1.807) is 6.20 Å². The lowest BCUT2D eigenvalue weighted by molar-refractivity contribution is -0.134. The number of carbonyl (C=O) groups is 2. The molecule has 1 aliphatic rings. The maximum absolute atomic E-state index is 13.2. The summed E-state index contributed by atoms with van der Waals surface area (Å²) in [6.07, 6.45) is 4.20. The molecule has 0 unspecified atom stereocenters. The molecule has 158 valence electrons. The molecule has 1 aliphatic heterocycles. The van der Waals surface area contributed by atoms with Crippen LogP contribution < -0.4 is 0 Å². The van der Waals surface area contributed by atoms with Crippen LogP contribution in [0, 0.1) is 5.92 Å². The Labute approximate surface area is 183 Å². The maximum Gasteiger partial charge on any atom is 0.253 e. The van der Waals surface area contributed by atoms with Crippen LogP contribution in [-0.4, -0.2) is 52.8 Å². The molecule has 0 N–H and O–H groups in total. The van der Waals surface area contributed by atoms with Crippen molar-refractivity contribution < 1.29 is 9.59 Å². The Kier molecular flexibility index (Phi) is 6.41. The summed E-state index contributed by atoms with van der Waals surface area (Å²) in [7, 11) is 0. The summed E-state index contributed by atoms with van der Waals surface area (Å²) in [6, 6.07) is 21.5. The Bertz CT molecular complexity index is 1040. The van der Waals surface area contributed by atoms with Gasteiger partial charge in [0.2, 0.25) is 5.91 Å². The number of likely N-dealkylation sites (N-methyl/N-ethyl adjacent to an activating group) is 1. The number of aromatic nitrogens is 1. The third-order valence-electron chi connectivity index (χ3n) is 5.84. The van der Waals surface area contributed by atoms with Crippen molar-refractivity contribution in [1.29, 1.82) is 0 Å². The highest BCUT2D eigenvalue weighted by atomic mass is 16.2. The van der Waals surface area contributed by atoms with Crippen LogP contribution in [0.2, 0.25) is 0 Å². The second kappa shape index (κ2) is 9.56. The van der Waals surface area contributed by atoms with Crippen molar-refractivity contribution in [2.45, 2.75) is 13.3 Å². The molecule has 5 nitrogen and oxygen atoms in total. The molecule has 0 aliphatic carbocycles. The number of benzene rings is 2. The smallest absolute Gasteiger partial charge is 0.253 e. The highest BCUT2D eigenvalue weighted by Gasteiger charge is 2.32. The van der Waals surface area contributed by atoms with E-state index in [4.69, 9.17) is 0 Å². The lowest BCUT2D eigenvalue weighted by Crippen LogP contribution is -2.37. The monoisotopic (exact) mass is 413 g/mol. The average Bonchev–Trinajstić information content (AvgIpc) is 2.98. The number of amides is 2. The third-order valence-corrected chi connectivity index (χ3v) is 5.84. The van der Waals surface area contributed by atoms with Crippen LogP contribution in [0.3, 0.4) is 0 Å². The molecular formula is C26H27N3O2. The number of nitrogens with zero attached hydrogens (tertiary/aromatic N) is 3. The van der Waals surface area contributed by atoms with Crippen molar-refractivity contribution >= 4 is 11.8 Å². The van der Waals surface area contributed by atoms with Crippen LogP contribution in [0.4, 0.5) is 0 Å². The minimum atomic E-state index is -0.265. The Morgan fingerprint density at radius 1 is 1.00 bits per heavy atom. The molecule has 1 saturated heterocycles. The molecule has 0 spiro atoms. The molecule has 1 fully saturated rings. The molecule has 1 atom stereocenters. The zero-order valence-electron chi connectivity index (χ0n) is 17.8. The molecule has 0 radical (unpaired) electrons. The number of carbonyl (C=O) groups excluding carboxylic acids is 2. The first-order valence-electron chi connectivity index (χ1n) is 10.8. The van der Waals surface area contributed by atoms with Gasteiger partial charge in [0, 0.05) is 44.1 Å². The molecule has 0 bridgehead atoms. The van der Waals surface area contributed by atoms with E-state index >= 15 is 0 Å². The maximum atomic E-state index is 13.2. The Morgan fingerprint density at radius 3 is 2.55 bits per heavy atom. The summed E-state index contributed by atoms with van der Waals surface area (Å²) in [5.41, 5.74) is 3.88. The highest BCUT2D eigenvalue weighted by molar-refractivity contribution is 5.94. The van der Waals surface area contributed by atoms with E-state index in [0.29, 0.717) is 38.2 Å². The first kappa shape index (κ1) is 20.8. The normalized spacial score (nSPS) is 16.8. The van der Waals surface area contributed by atoms with Gasteiger partial charge in [0.1, 0.15) is 0 Å². The summed E-state index contributed by atoms with van der Waals surface area (Å²) in [4.78, 5) is 34.2. The Morgan fingerprint density at radius 2 is 1.81 bits per heavy atom. The standard InChI is InChI=1S/C26H27N3O2/c1-2-28-14-15-29(25(30)21-9-4-3-5-10-21)19-24(26(28)31)17-20-8-6-11-22(16-20)23-12-7-13-27-18-23/h3-13,16,18,24H,2,14-15,17,19H2,1H3/t24-/m1/s1. The van der Waals surface area contributed by atoms with Gasteiger partial charge >= 0.3 is 0 Å². The molecular weight excluding hydrogens is 386 g/mol. The lowest BCUT2D eigenvalue weighted by atomic mass is 9.95. The second-order valence-electron chi connectivity index (χ2n) is 7.88. The lowest BCUT2D eigenvalue weighted by Gasteiger charge is -2.24. The van der Waals surface area contributed by atoms with E-state index < -0.39 is 0 Å². The molecule has 0 saturated carbocycles. The number of hydrogen-bond acceptors (Lipinski definition) is 3.